The zero-order chi connectivity index (χ0) is 13.4. The van der Waals surface area contributed by atoms with Crippen LogP contribution in [0.5, 0.6) is 17.2 Å². The first kappa shape index (κ1) is 12.3. The number of carbonyl (C=O) groups excluding carboxylic acids is 1. The molecular formula is C14H17NO4. The lowest BCUT2D eigenvalue weighted by atomic mass is 9.94. The zero-order valence-corrected chi connectivity index (χ0v) is 11.0. The van der Waals surface area contributed by atoms with Crippen LogP contribution in [-0.4, -0.2) is 32.7 Å². The highest BCUT2D eigenvalue weighted by Gasteiger charge is 2.34. The van der Waals surface area contributed by atoms with Crippen LogP contribution in [0.3, 0.4) is 0 Å². The highest BCUT2D eigenvalue weighted by Crippen LogP contribution is 2.49. The van der Waals surface area contributed by atoms with Crippen LogP contribution < -0.4 is 19.9 Å². The lowest BCUT2D eigenvalue weighted by Crippen LogP contribution is -2.11. The largest absolute Gasteiger partial charge is 0.492 e. The predicted molar refractivity (Wildman–Crippen MR) is 69.4 cm³/mol. The van der Waals surface area contributed by atoms with E-state index in [0.717, 1.165) is 23.3 Å². The van der Waals surface area contributed by atoms with Crippen molar-refractivity contribution in [2.45, 2.75) is 19.3 Å². The Balaban J connectivity index is 2.22. The second kappa shape index (κ2) is 4.74. The van der Waals surface area contributed by atoms with Gasteiger partial charge in [-0.2, -0.15) is 0 Å². The summed E-state index contributed by atoms with van der Waals surface area (Å²) in [5, 5.41) is 0. The van der Waals surface area contributed by atoms with Crippen molar-refractivity contribution in [1.29, 1.82) is 0 Å². The number of rotatable bonds is 4. The smallest absolute Gasteiger partial charge is 0.168 e. The summed E-state index contributed by atoms with van der Waals surface area (Å²) in [6.45, 7) is 1.50. The standard InChI is InChI=1S/C14H17NO4/c1-17-13-9-4-7-18-12(9)11(10(16)2-5-15)8-3-6-19-14(8)13/h2-7,15H2,1H3. The maximum atomic E-state index is 12.3. The first-order chi connectivity index (χ1) is 9.27. The van der Waals surface area contributed by atoms with Gasteiger partial charge in [-0.25, -0.2) is 0 Å². The Bertz CT molecular complexity index is 504. The molecule has 0 aliphatic carbocycles. The number of Topliss-reactive ketones (excluding diaryl/α,β-unsaturated/α-hetero) is 1. The third kappa shape index (κ3) is 1.76. The summed E-state index contributed by atoms with van der Waals surface area (Å²) in [6.07, 6.45) is 1.79. The number of ether oxygens (including phenoxy) is 3. The van der Waals surface area contributed by atoms with Gasteiger partial charge in [0, 0.05) is 30.4 Å². The second-order valence-corrected chi connectivity index (χ2v) is 4.68. The van der Waals surface area contributed by atoms with Gasteiger partial charge in [0.05, 0.1) is 25.9 Å². The monoisotopic (exact) mass is 263 g/mol. The van der Waals surface area contributed by atoms with Gasteiger partial charge < -0.3 is 19.9 Å². The number of fused-ring (bicyclic) bond motifs is 2. The summed E-state index contributed by atoms with van der Waals surface area (Å²) < 4.78 is 16.8. The highest BCUT2D eigenvalue weighted by atomic mass is 16.5. The maximum absolute atomic E-state index is 12.3. The fourth-order valence-electron chi connectivity index (χ4n) is 2.83. The molecule has 5 nitrogen and oxygen atoms in total. The van der Waals surface area contributed by atoms with E-state index < -0.39 is 0 Å². The van der Waals surface area contributed by atoms with Crippen LogP contribution in [0.1, 0.15) is 27.9 Å². The number of methoxy groups -OCH3 is 1. The third-order valence-corrected chi connectivity index (χ3v) is 3.61. The lowest BCUT2D eigenvalue weighted by Gasteiger charge is -2.15. The summed E-state index contributed by atoms with van der Waals surface area (Å²) >= 11 is 0. The molecule has 102 valence electrons. The quantitative estimate of drug-likeness (QED) is 0.824. The van der Waals surface area contributed by atoms with Gasteiger partial charge in [0.2, 0.25) is 0 Å². The maximum Gasteiger partial charge on any atom is 0.168 e. The first-order valence-corrected chi connectivity index (χ1v) is 6.52. The molecule has 3 rings (SSSR count). The van der Waals surface area contributed by atoms with Gasteiger partial charge >= 0.3 is 0 Å². The number of ketones is 1. The Morgan fingerprint density at radius 3 is 2.58 bits per heavy atom. The molecule has 0 amide bonds. The van der Waals surface area contributed by atoms with E-state index in [1.54, 1.807) is 7.11 Å². The SMILES string of the molecule is COc1c2c(c(C(=O)CCN)c3c1OCC3)OCC2. The molecule has 0 bridgehead atoms. The lowest BCUT2D eigenvalue weighted by molar-refractivity contribution is 0.0981. The van der Waals surface area contributed by atoms with Crippen molar-refractivity contribution in [2.24, 2.45) is 5.73 Å². The second-order valence-electron chi connectivity index (χ2n) is 4.68. The molecule has 2 N–H and O–H groups in total. The van der Waals surface area contributed by atoms with Crippen LogP contribution >= 0.6 is 0 Å². The van der Waals surface area contributed by atoms with E-state index in [1.807, 2.05) is 0 Å². The normalized spacial score (nSPS) is 15.5. The zero-order valence-electron chi connectivity index (χ0n) is 11.0. The van der Waals surface area contributed by atoms with E-state index in [9.17, 15) is 4.79 Å². The molecule has 2 aliphatic heterocycles. The fraction of sp³-hybridized carbons (Fsp3) is 0.500. The van der Waals surface area contributed by atoms with Crippen LogP contribution in [-0.2, 0) is 12.8 Å². The van der Waals surface area contributed by atoms with Crippen molar-refractivity contribution >= 4 is 5.78 Å². The fourth-order valence-corrected chi connectivity index (χ4v) is 2.83. The molecule has 5 heteroatoms. The summed E-state index contributed by atoms with van der Waals surface area (Å²) in [5.74, 6) is 2.15. The average Bonchev–Trinajstić information content (AvgIpc) is 3.03. The minimum atomic E-state index is 0.0325. The third-order valence-electron chi connectivity index (χ3n) is 3.61. The molecular weight excluding hydrogens is 246 g/mol. The van der Waals surface area contributed by atoms with Crippen molar-refractivity contribution in [3.8, 4) is 17.2 Å². The minimum Gasteiger partial charge on any atom is -0.492 e. The molecule has 0 radical (unpaired) electrons. The molecule has 0 unspecified atom stereocenters. The van der Waals surface area contributed by atoms with Gasteiger partial charge in [-0.05, 0) is 6.54 Å². The Kier molecular flexibility index (Phi) is 3.06. The van der Waals surface area contributed by atoms with Crippen molar-refractivity contribution in [2.75, 3.05) is 26.9 Å². The van der Waals surface area contributed by atoms with E-state index >= 15 is 0 Å². The molecule has 0 spiro atoms. The van der Waals surface area contributed by atoms with Crippen molar-refractivity contribution in [3.05, 3.63) is 16.7 Å². The molecule has 2 aliphatic rings. The molecule has 0 saturated heterocycles. The van der Waals surface area contributed by atoms with Crippen LogP contribution in [0.2, 0.25) is 0 Å². The Morgan fingerprint density at radius 1 is 1.21 bits per heavy atom. The summed E-state index contributed by atoms with van der Waals surface area (Å²) in [5.41, 5.74) is 8.01. The van der Waals surface area contributed by atoms with E-state index in [-0.39, 0.29) is 5.78 Å². The van der Waals surface area contributed by atoms with Crippen LogP contribution in [0.25, 0.3) is 0 Å². The Morgan fingerprint density at radius 2 is 1.89 bits per heavy atom. The molecule has 1 aromatic carbocycles. The molecule has 0 aromatic heterocycles. The summed E-state index contributed by atoms with van der Waals surface area (Å²) in [4.78, 5) is 12.3. The molecule has 1 aromatic rings. The van der Waals surface area contributed by atoms with Gasteiger partial charge in [-0.1, -0.05) is 0 Å². The topological polar surface area (TPSA) is 70.8 Å². The average molecular weight is 263 g/mol. The van der Waals surface area contributed by atoms with Gasteiger partial charge in [-0.15, -0.1) is 0 Å². The molecule has 0 atom stereocenters. The van der Waals surface area contributed by atoms with E-state index in [2.05, 4.69) is 0 Å². The minimum absolute atomic E-state index is 0.0325. The van der Waals surface area contributed by atoms with Gasteiger partial charge in [0.15, 0.2) is 17.3 Å². The van der Waals surface area contributed by atoms with Gasteiger partial charge in [0.25, 0.3) is 0 Å². The Labute approximate surface area is 111 Å². The number of carbonyl (C=O) groups is 1. The Hall–Kier alpha value is -1.75. The van der Waals surface area contributed by atoms with E-state index in [1.165, 1.54) is 0 Å². The summed E-state index contributed by atoms with van der Waals surface area (Å²) in [7, 11) is 1.62. The van der Waals surface area contributed by atoms with Crippen LogP contribution in [0, 0.1) is 0 Å². The van der Waals surface area contributed by atoms with Gasteiger partial charge in [-0.3, -0.25) is 4.79 Å². The molecule has 0 fully saturated rings. The molecule has 19 heavy (non-hydrogen) atoms. The number of benzene rings is 1. The number of hydrogen-bond donors (Lipinski definition) is 1. The van der Waals surface area contributed by atoms with Crippen molar-refractivity contribution in [3.63, 3.8) is 0 Å². The van der Waals surface area contributed by atoms with E-state index in [4.69, 9.17) is 19.9 Å². The van der Waals surface area contributed by atoms with Gasteiger partial charge in [0.1, 0.15) is 5.75 Å². The number of hydrogen-bond acceptors (Lipinski definition) is 5. The highest BCUT2D eigenvalue weighted by molar-refractivity contribution is 6.02. The summed E-state index contributed by atoms with van der Waals surface area (Å²) in [6, 6.07) is 0. The van der Waals surface area contributed by atoms with Crippen LogP contribution in [0.15, 0.2) is 0 Å². The molecule has 0 saturated carbocycles. The predicted octanol–water partition coefficient (Wildman–Crippen LogP) is 1.10. The van der Waals surface area contributed by atoms with Crippen molar-refractivity contribution in [1.82, 2.24) is 0 Å². The first-order valence-electron chi connectivity index (χ1n) is 6.52. The molecule has 2 heterocycles. The van der Waals surface area contributed by atoms with Crippen molar-refractivity contribution < 1.29 is 19.0 Å². The number of nitrogens with two attached hydrogens (primary N) is 1. The van der Waals surface area contributed by atoms with Crippen LogP contribution in [0.4, 0.5) is 0 Å². The van der Waals surface area contributed by atoms with E-state index in [0.29, 0.717) is 49.7 Å².